The predicted molar refractivity (Wildman–Crippen MR) is 69.1 cm³/mol. The average molecular weight is 233 g/mol. The molecule has 1 aromatic carbocycles. The molecule has 3 heteroatoms. The molecule has 0 saturated carbocycles. The van der Waals surface area contributed by atoms with E-state index < -0.39 is 5.54 Å². The molecule has 1 aromatic rings. The third-order valence-corrected chi connectivity index (χ3v) is 2.64. The van der Waals surface area contributed by atoms with Gasteiger partial charge in [0, 0.05) is 17.7 Å². The van der Waals surface area contributed by atoms with E-state index in [2.05, 4.69) is 11.2 Å². The number of nitrogens with one attached hydrogen (secondary N) is 1. The van der Waals surface area contributed by atoms with Gasteiger partial charge in [-0.25, -0.2) is 0 Å². The molecule has 17 heavy (non-hydrogen) atoms. The lowest BCUT2D eigenvalue weighted by atomic mass is 10.0. The Morgan fingerprint density at radius 3 is 2.59 bits per heavy atom. The molecule has 0 bridgehead atoms. The summed E-state index contributed by atoms with van der Waals surface area (Å²) in [5, 5.41) is 13.2. The summed E-state index contributed by atoms with van der Waals surface area (Å²) >= 11 is 0. The maximum atomic E-state index is 9.89. The van der Waals surface area contributed by atoms with Crippen LogP contribution < -0.4 is 10.1 Å². The first-order valence-corrected chi connectivity index (χ1v) is 5.52. The van der Waals surface area contributed by atoms with Crippen molar-refractivity contribution in [2.45, 2.75) is 32.4 Å². The van der Waals surface area contributed by atoms with Crippen molar-refractivity contribution in [1.29, 1.82) is 0 Å². The van der Waals surface area contributed by atoms with Crippen LogP contribution in [-0.4, -0.2) is 17.8 Å². The molecule has 0 aromatic heterocycles. The van der Waals surface area contributed by atoms with Crippen molar-refractivity contribution in [2.24, 2.45) is 0 Å². The SMILES string of the molecule is C#CC(C)(C)NC(C)c1ccc(OC)cc1O. The molecule has 0 aliphatic heterocycles. The summed E-state index contributed by atoms with van der Waals surface area (Å²) in [6.07, 6.45) is 5.42. The number of phenols is 1. The zero-order chi connectivity index (χ0) is 13.1. The van der Waals surface area contributed by atoms with Crippen LogP contribution in [0.2, 0.25) is 0 Å². The second-order valence-corrected chi connectivity index (χ2v) is 4.56. The lowest BCUT2D eigenvalue weighted by Crippen LogP contribution is -2.39. The van der Waals surface area contributed by atoms with Crippen LogP contribution >= 0.6 is 0 Å². The monoisotopic (exact) mass is 233 g/mol. The van der Waals surface area contributed by atoms with Crippen LogP contribution in [0.3, 0.4) is 0 Å². The first-order valence-electron chi connectivity index (χ1n) is 5.52. The molecule has 0 amide bonds. The summed E-state index contributed by atoms with van der Waals surface area (Å²) in [6, 6.07) is 5.21. The second-order valence-electron chi connectivity index (χ2n) is 4.56. The smallest absolute Gasteiger partial charge is 0.124 e. The normalized spacial score (nSPS) is 12.9. The van der Waals surface area contributed by atoms with Crippen molar-refractivity contribution >= 4 is 0 Å². The molecule has 1 rings (SSSR count). The van der Waals surface area contributed by atoms with Crippen molar-refractivity contribution in [3.8, 4) is 23.8 Å². The number of benzene rings is 1. The number of hydrogen-bond acceptors (Lipinski definition) is 3. The number of rotatable bonds is 4. The molecule has 0 aliphatic rings. The van der Waals surface area contributed by atoms with Gasteiger partial charge in [-0.2, -0.15) is 0 Å². The van der Waals surface area contributed by atoms with Crippen LogP contribution in [-0.2, 0) is 0 Å². The van der Waals surface area contributed by atoms with E-state index in [1.165, 1.54) is 0 Å². The predicted octanol–water partition coefficient (Wildman–Crippen LogP) is 2.46. The number of hydrogen-bond donors (Lipinski definition) is 2. The van der Waals surface area contributed by atoms with Crippen molar-refractivity contribution in [1.82, 2.24) is 5.32 Å². The topological polar surface area (TPSA) is 41.5 Å². The third kappa shape index (κ3) is 3.40. The fourth-order valence-electron chi connectivity index (χ4n) is 1.68. The van der Waals surface area contributed by atoms with Gasteiger partial charge in [-0.1, -0.05) is 12.0 Å². The van der Waals surface area contributed by atoms with Crippen LogP contribution in [0.4, 0.5) is 0 Å². The van der Waals surface area contributed by atoms with E-state index in [-0.39, 0.29) is 11.8 Å². The van der Waals surface area contributed by atoms with Crippen LogP contribution in [0.15, 0.2) is 18.2 Å². The summed E-state index contributed by atoms with van der Waals surface area (Å²) in [5.74, 6) is 3.51. The molecule has 3 nitrogen and oxygen atoms in total. The van der Waals surface area contributed by atoms with E-state index in [1.807, 2.05) is 32.9 Å². The second kappa shape index (κ2) is 5.11. The number of ether oxygens (including phenoxy) is 1. The maximum absolute atomic E-state index is 9.89. The Morgan fingerprint density at radius 2 is 2.12 bits per heavy atom. The van der Waals surface area contributed by atoms with Crippen LogP contribution in [0.5, 0.6) is 11.5 Å². The lowest BCUT2D eigenvalue weighted by molar-refractivity contribution is 0.394. The fraction of sp³-hybridized carbons (Fsp3) is 0.429. The molecule has 0 saturated heterocycles. The summed E-state index contributed by atoms with van der Waals surface area (Å²) in [7, 11) is 1.57. The molecule has 0 heterocycles. The highest BCUT2D eigenvalue weighted by atomic mass is 16.5. The molecule has 92 valence electrons. The minimum absolute atomic E-state index is 0.0352. The highest BCUT2D eigenvalue weighted by molar-refractivity contribution is 5.41. The average Bonchev–Trinajstić information content (AvgIpc) is 2.28. The first kappa shape index (κ1) is 13.4. The Hall–Kier alpha value is -1.66. The Balaban J connectivity index is 2.90. The maximum Gasteiger partial charge on any atom is 0.124 e. The summed E-state index contributed by atoms with van der Waals surface area (Å²) in [4.78, 5) is 0. The molecule has 0 fully saturated rings. The largest absolute Gasteiger partial charge is 0.507 e. The zero-order valence-corrected chi connectivity index (χ0v) is 10.7. The van der Waals surface area contributed by atoms with Gasteiger partial charge in [0.15, 0.2) is 0 Å². The standard InChI is InChI=1S/C14H19NO2/c1-6-14(3,4)15-10(2)12-8-7-11(17-5)9-13(12)16/h1,7-10,15-16H,2-5H3. The van der Waals surface area contributed by atoms with Gasteiger partial charge in [0.1, 0.15) is 11.5 Å². The number of terminal acetylenes is 1. The van der Waals surface area contributed by atoms with Crippen molar-refractivity contribution in [2.75, 3.05) is 7.11 Å². The number of methoxy groups -OCH3 is 1. The van der Waals surface area contributed by atoms with E-state index in [0.29, 0.717) is 5.75 Å². The molecular weight excluding hydrogens is 214 g/mol. The van der Waals surface area contributed by atoms with E-state index in [0.717, 1.165) is 5.56 Å². The first-order chi connectivity index (χ1) is 7.89. The zero-order valence-electron chi connectivity index (χ0n) is 10.7. The molecule has 2 N–H and O–H groups in total. The Bertz CT molecular complexity index is 432. The highest BCUT2D eigenvalue weighted by Gasteiger charge is 2.19. The van der Waals surface area contributed by atoms with Gasteiger partial charge in [-0.3, -0.25) is 5.32 Å². The molecule has 0 radical (unpaired) electrons. The summed E-state index contributed by atoms with van der Waals surface area (Å²) in [5.41, 5.74) is 0.389. The molecular formula is C14H19NO2. The minimum atomic E-state index is -0.411. The fourth-order valence-corrected chi connectivity index (χ4v) is 1.68. The molecule has 1 atom stereocenters. The van der Waals surface area contributed by atoms with E-state index >= 15 is 0 Å². The lowest BCUT2D eigenvalue weighted by Gasteiger charge is -2.26. The molecule has 0 spiro atoms. The van der Waals surface area contributed by atoms with Gasteiger partial charge >= 0.3 is 0 Å². The van der Waals surface area contributed by atoms with Crippen LogP contribution in [0.1, 0.15) is 32.4 Å². The van der Waals surface area contributed by atoms with Crippen LogP contribution in [0, 0.1) is 12.3 Å². The third-order valence-electron chi connectivity index (χ3n) is 2.64. The van der Waals surface area contributed by atoms with E-state index in [4.69, 9.17) is 11.2 Å². The minimum Gasteiger partial charge on any atom is -0.507 e. The van der Waals surface area contributed by atoms with E-state index in [1.54, 1.807) is 13.2 Å². The van der Waals surface area contributed by atoms with Gasteiger partial charge in [0.2, 0.25) is 0 Å². The number of aromatic hydroxyl groups is 1. The van der Waals surface area contributed by atoms with E-state index in [9.17, 15) is 5.11 Å². The Labute approximate surface area is 103 Å². The van der Waals surface area contributed by atoms with Crippen molar-refractivity contribution in [3.63, 3.8) is 0 Å². The summed E-state index contributed by atoms with van der Waals surface area (Å²) in [6.45, 7) is 5.80. The molecule has 1 unspecified atom stereocenters. The summed E-state index contributed by atoms with van der Waals surface area (Å²) < 4.78 is 5.04. The molecule has 0 aliphatic carbocycles. The van der Waals surface area contributed by atoms with Crippen molar-refractivity contribution in [3.05, 3.63) is 23.8 Å². The van der Waals surface area contributed by atoms with Gasteiger partial charge < -0.3 is 9.84 Å². The Kier molecular flexibility index (Phi) is 4.03. The Morgan fingerprint density at radius 1 is 1.47 bits per heavy atom. The number of phenolic OH excluding ortho intramolecular Hbond substituents is 1. The van der Waals surface area contributed by atoms with Gasteiger partial charge in [0.25, 0.3) is 0 Å². The van der Waals surface area contributed by atoms with Gasteiger partial charge in [-0.15, -0.1) is 6.42 Å². The quantitative estimate of drug-likeness (QED) is 0.785. The van der Waals surface area contributed by atoms with Crippen molar-refractivity contribution < 1.29 is 9.84 Å². The van der Waals surface area contributed by atoms with Gasteiger partial charge in [0.05, 0.1) is 12.6 Å². The van der Waals surface area contributed by atoms with Crippen LogP contribution in [0.25, 0.3) is 0 Å². The highest BCUT2D eigenvalue weighted by Crippen LogP contribution is 2.29. The van der Waals surface area contributed by atoms with Gasteiger partial charge in [-0.05, 0) is 26.8 Å².